The molecule has 0 aliphatic carbocycles. The first kappa shape index (κ1) is 13.6. The van der Waals surface area contributed by atoms with Gasteiger partial charge in [0.25, 0.3) is 0 Å². The summed E-state index contributed by atoms with van der Waals surface area (Å²) >= 11 is 0. The van der Waals surface area contributed by atoms with Gasteiger partial charge in [-0.2, -0.15) is 0 Å². The Kier molecular flexibility index (Phi) is 5.10. The fraction of sp³-hybridized carbons (Fsp3) is 0.462. The first-order valence-corrected chi connectivity index (χ1v) is 5.75. The van der Waals surface area contributed by atoms with E-state index in [2.05, 4.69) is 5.32 Å². The van der Waals surface area contributed by atoms with Gasteiger partial charge in [0.2, 0.25) is 0 Å². The summed E-state index contributed by atoms with van der Waals surface area (Å²) in [6.45, 7) is 4.20. The van der Waals surface area contributed by atoms with Crippen molar-refractivity contribution in [3.05, 3.63) is 35.6 Å². The molecule has 4 heteroatoms. The SMILES string of the molecule is CC[C@H](C)[C@H](NCc1cccc(F)c1)C(=O)O. The summed E-state index contributed by atoms with van der Waals surface area (Å²) in [5.74, 6) is -1.13. The monoisotopic (exact) mass is 239 g/mol. The van der Waals surface area contributed by atoms with Crippen molar-refractivity contribution in [2.75, 3.05) is 0 Å². The summed E-state index contributed by atoms with van der Waals surface area (Å²) in [6, 6.07) is 5.56. The van der Waals surface area contributed by atoms with Gasteiger partial charge in [-0.15, -0.1) is 0 Å². The Morgan fingerprint density at radius 1 is 1.53 bits per heavy atom. The van der Waals surface area contributed by atoms with Crippen molar-refractivity contribution in [2.45, 2.75) is 32.9 Å². The lowest BCUT2D eigenvalue weighted by atomic mass is 9.99. The highest BCUT2D eigenvalue weighted by atomic mass is 19.1. The maximum Gasteiger partial charge on any atom is 0.320 e. The molecule has 0 saturated heterocycles. The minimum atomic E-state index is -0.865. The zero-order valence-corrected chi connectivity index (χ0v) is 10.1. The summed E-state index contributed by atoms with van der Waals surface area (Å²) < 4.78 is 12.9. The van der Waals surface area contributed by atoms with Crippen LogP contribution in [-0.2, 0) is 11.3 Å². The Morgan fingerprint density at radius 2 is 2.24 bits per heavy atom. The van der Waals surface area contributed by atoms with E-state index in [0.29, 0.717) is 6.54 Å². The number of nitrogens with one attached hydrogen (secondary N) is 1. The highest BCUT2D eigenvalue weighted by molar-refractivity contribution is 5.73. The second kappa shape index (κ2) is 6.35. The van der Waals surface area contributed by atoms with E-state index in [1.54, 1.807) is 12.1 Å². The van der Waals surface area contributed by atoms with Crippen LogP contribution >= 0.6 is 0 Å². The van der Waals surface area contributed by atoms with Crippen molar-refractivity contribution >= 4 is 5.97 Å². The summed E-state index contributed by atoms with van der Waals surface area (Å²) in [7, 11) is 0. The third-order valence-electron chi connectivity index (χ3n) is 2.89. The maximum absolute atomic E-state index is 12.9. The topological polar surface area (TPSA) is 49.3 Å². The van der Waals surface area contributed by atoms with Crippen LogP contribution in [0, 0.1) is 11.7 Å². The molecular formula is C13H18FNO2. The largest absolute Gasteiger partial charge is 0.480 e. The van der Waals surface area contributed by atoms with E-state index in [-0.39, 0.29) is 11.7 Å². The molecule has 1 rings (SSSR count). The Bertz CT molecular complexity index is 381. The molecular weight excluding hydrogens is 221 g/mol. The number of carbonyl (C=O) groups is 1. The molecule has 1 aromatic carbocycles. The van der Waals surface area contributed by atoms with Gasteiger partial charge in [-0.3, -0.25) is 4.79 Å². The molecule has 0 saturated carbocycles. The minimum Gasteiger partial charge on any atom is -0.480 e. The summed E-state index contributed by atoms with van der Waals surface area (Å²) in [4.78, 5) is 11.1. The average molecular weight is 239 g/mol. The van der Waals surface area contributed by atoms with Crippen LogP contribution in [0.25, 0.3) is 0 Å². The van der Waals surface area contributed by atoms with E-state index in [1.165, 1.54) is 12.1 Å². The predicted octanol–water partition coefficient (Wildman–Crippen LogP) is 2.41. The molecule has 0 spiro atoms. The van der Waals surface area contributed by atoms with Gasteiger partial charge in [-0.1, -0.05) is 32.4 Å². The van der Waals surface area contributed by atoms with Gasteiger partial charge in [0.1, 0.15) is 11.9 Å². The molecule has 0 aromatic heterocycles. The number of rotatable bonds is 6. The van der Waals surface area contributed by atoms with E-state index in [9.17, 15) is 9.18 Å². The molecule has 3 nitrogen and oxygen atoms in total. The van der Waals surface area contributed by atoms with Crippen molar-refractivity contribution in [3.8, 4) is 0 Å². The Hall–Kier alpha value is -1.42. The minimum absolute atomic E-state index is 0.0426. The van der Waals surface area contributed by atoms with Gasteiger partial charge < -0.3 is 10.4 Å². The Labute approximate surface area is 101 Å². The third-order valence-corrected chi connectivity index (χ3v) is 2.89. The molecule has 1 aromatic rings. The smallest absolute Gasteiger partial charge is 0.320 e. The van der Waals surface area contributed by atoms with Gasteiger partial charge >= 0.3 is 5.97 Å². The van der Waals surface area contributed by atoms with E-state index in [4.69, 9.17) is 5.11 Å². The number of benzene rings is 1. The van der Waals surface area contributed by atoms with Gasteiger partial charge in [-0.05, 0) is 23.6 Å². The molecule has 0 unspecified atom stereocenters. The fourth-order valence-electron chi connectivity index (χ4n) is 1.64. The normalized spacial score (nSPS) is 14.3. The standard InChI is InChI=1S/C13H18FNO2/c1-3-9(2)12(13(16)17)15-8-10-5-4-6-11(14)7-10/h4-7,9,12,15H,3,8H2,1-2H3,(H,16,17)/t9-,12-/m0/s1. The second-order valence-electron chi connectivity index (χ2n) is 4.21. The zero-order chi connectivity index (χ0) is 12.8. The molecule has 94 valence electrons. The van der Waals surface area contributed by atoms with Crippen LogP contribution in [-0.4, -0.2) is 17.1 Å². The number of carboxylic acids is 1. The van der Waals surface area contributed by atoms with Crippen LogP contribution in [0.4, 0.5) is 4.39 Å². The second-order valence-corrected chi connectivity index (χ2v) is 4.21. The lowest BCUT2D eigenvalue weighted by Gasteiger charge is -2.20. The molecule has 0 heterocycles. The molecule has 0 aliphatic heterocycles. The molecule has 0 aliphatic rings. The van der Waals surface area contributed by atoms with Crippen molar-refractivity contribution in [1.29, 1.82) is 0 Å². The van der Waals surface area contributed by atoms with Crippen LogP contribution in [0.3, 0.4) is 0 Å². The van der Waals surface area contributed by atoms with Crippen molar-refractivity contribution in [2.24, 2.45) is 5.92 Å². The van der Waals surface area contributed by atoms with E-state index in [1.807, 2.05) is 13.8 Å². The van der Waals surface area contributed by atoms with Crippen LogP contribution in [0.15, 0.2) is 24.3 Å². The summed E-state index contributed by atoms with van der Waals surface area (Å²) in [6.07, 6.45) is 0.785. The number of carboxylic acid groups (broad SMARTS) is 1. The first-order valence-electron chi connectivity index (χ1n) is 5.75. The van der Waals surface area contributed by atoms with Crippen molar-refractivity contribution in [1.82, 2.24) is 5.32 Å². The highest BCUT2D eigenvalue weighted by Gasteiger charge is 2.22. The van der Waals surface area contributed by atoms with Crippen LogP contribution in [0.5, 0.6) is 0 Å². The molecule has 0 radical (unpaired) electrons. The van der Waals surface area contributed by atoms with E-state index in [0.717, 1.165) is 12.0 Å². The molecule has 0 amide bonds. The first-order chi connectivity index (χ1) is 8.04. The van der Waals surface area contributed by atoms with Crippen molar-refractivity contribution < 1.29 is 14.3 Å². The predicted molar refractivity (Wildman–Crippen MR) is 64.1 cm³/mol. The number of hydrogen-bond donors (Lipinski definition) is 2. The summed E-state index contributed by atoms with van der Waals surface area (Å²) in [5.41, 5.74) is 0.750. The van der Waals surface area contributed by atoms with E-state index < -0.39 is 12.0 Å². The van der Waals surface area contributed by atoms with Gasteiger partial charge in [0, 0.05) is 6.54 Å². The summed E-state index contributed by atoms with van der Waals surface area (Å²) in [5, 5.41) is 12.0. The zero-order valence-electron chi connectivity index (χ0n) is 10.1. The highest BCUT2D eigenvalue weighted by Crippen LogP contribution is 2.10. The van der Waals surface area contributed by atoms with Crippen LogP contribution < -0.4 is 5.32 Å². The lowest BCUT2D eigenvalue weighted by molar-refractivity contribution is -0.140. The Morgan fingerprint density at radius 3 is 2.76 bits per heavy atom. The van der Waals surface area contributed by atoms with Crippen molar-refractivity contribution in [3.63, 3.8) is 0 Å². The lowest BCUT2D eigenvalue weighted by Crippen LogP contribution is -2.41. The fourth-order valence-corrected chi connectivity index (χ4v) is 1.64. The molecule has 2 atom stereocenters. The molecule has 17 heavy (non-hydrogen) atoms. The van der Waals surface area contributed by atoms with Crippen LogP contribution in [0.2, 0.25) is 0 Å². The van der Waals surface area contributed by atoms with Crippen LogP contribution in [0.1, 0.15) is 25.8 Å². The Balaban J connectivity index is 2.61. The molecule has 2 N–H and O–H groups in total. The number of aliphatic carboxylic acids is 1. The van der Waals surface area contributed by atoms with Gasteiger partial charge in [0.05, 0.1) is 0 Å². The van der Waals surface area contributed by atoms with Gasteiger partial charge in [0.15, 0.2) is 0 Å². The maximum atomic E-state index is 12.9. The quantitative estimate of drug-likeness (QED) is 0.801. The molecule has 0 fully saturated rings. The molecule has 0 bridgehead atoms. The number of halogens is 1. The third kappa shape index (κ3) is 4.15. The van der Waals surface area contributed by atoms with E-state index >= 15 is 0 Å². The number of hydrogen-bond acceptors (Lipinski definition) is 2. The average Bonchev–Trinajstić information content (AvgIpc) is 2.28. The van der Waals surface area contributed by atoms with Gasteiger partial charge in [-0.25, -0.2) is 4.39 Å².